The van der Waals surface area contributed by atoms with Crippen molar-refractivity contribution < 1.29 is 14.1 Å². The zero-order valence-corrected chi connectivity index (χ0v) is 15.5. The number of carbonyl (C=O) groups excluding carboxylic acids is 1. The summed E-state index contributed by atoms with van der Waals surface area (Å²) in [4.78, 5) is 42.6. The van der Waals surface area contributed by atoms with Gasteiger partial charge >= 0.3 is 0 Å². The fourth-order valence-corrected chi connectivity index (χ4v) is 4.21. The third-order valence-corrected chi connectivity index (χ3v) is 5.59. The summed E-state index contributed by atoms with van der Waals surface area (Å²) >= 11 is 1.25. The van der Waals surface area contributed by atoms with Gasteiger partial charge in [-0.2, -0.15) is 0 Å². The number of nitro benzene ring substituents is 1. The molecule has 0 bridgehead atoms. The normalized spacial score (nSPS) is 15.7. The molecule has 0 saturated heterocycles. The SMILES string of the molecule is O=C1c2oc3ccccc3c(=O)c2C(c2ccc([N+](=O)[O-])cc2)N1c1nccs1. The monoisotopic (exact) mass is 405 g/mol. The minimum absolute atomic E-state index is 0.0350. The quantitative estimate of drug-likeness (QED) is 0.378. The number of thiazole rings is 1. The molecule has 0 aliphatic carbocycles. The molecule has 0 fully saturated rings. The summed E-state index contributed by atoms with van der Waals surface area (Å²) in [7, 11) is 0. The Morgan fingerprint density at radius 1 is 1.10 bits per heavy atom. The average molecular weight is 405 g/mol. The number of non-ortho nitro benzene ring substituents is 1. The number of hydrogen-bond acceptors (Lipinski definition) is 7. The summed E-state index contributed by atoms with van der Waals surface area (Å²) in [6, 6.07) is 11.7. The lowest BCUT2D eigenvalue weighted by Gasteiger charge is -2.22. The van der Waals surface area contributed by atoms with E-state index < -0.39 is 16.9 Å². The van der Waals surface area contributed by atoms with Gasteiger partial charge in [0, 0.05) is 23.7 Å². The second kappa shape index (κ2) is 6.35. The molecule has 3 heterocycles. The second-order valence-corrected chi connectivity index (χ2v) is 7.28. The maximum absolute atomic E-state index is 13.3. The highest BCUT2D eigenvalue weighted by atomic mass is 32.1. The summed E-state index contributed by atoms with van der Waals surface area (Å²) in [6.07, 6.45) is 1.56. The van der Waals surface area contributed by atoms with Crippen LogP contribution in [0.25, 0.3) is 11.0 Å². The second-order valence-electron chi connectivity index (χ2n) is 6.41. The molecule has 29 heavy (non-hydrogen) atoms. The lowest BCUT2D eigenvalue weighted by Crippen LogP contribution is -2.29. The molecule has 0 N–H and O–H groups in total. The Bertz CT molecular complexity index is 1330. The van der Waals surface area contributed by atoms with E-state index in [0.29, 0.717) is 21.7 Å². The Labute approximate surface area is 166 Å². The van der Waals surface area contributed by atoms with Gasteiger partial charge in [-0.15, -0.1) is 11.3 Å². The molecule has 9 heteroatoms. The molecule has 0 saturated carbocycles. The molecule has 1 unspecified atom stereocenters. The van der Waals surface area contributed by atoms with E-state index in [0.717, 1.165) is 0 Å². The van der Waals surface area contributed by atoms with E-state index in [-0.39, 0.29) is 22.4 Å². The molecule has 5 rings (SSSR count). The van der Waals surface area contributed by atoms with Gasteiger partial charge in [-0.3, -0.25) is 24.6 Å². The standard InChI is InChI=1S/C20H11N3O5S/c24-17-13-3-1-2-4-14(13)28-18-15(17)16(11-5-7-12(8-6-11)23(26)27)22(19(18)25)20-21-9-10-29-20/h1-10,16H. The van der Waals surface area contributed by atoms with Gasteiger partial charge in [-0.05, 0) is 29.8 Å². The third-order valence-electron chi connectivity index (χ3n) is 4.82. The van der Waals surface area contributed by atoms with Crippen LogP contribution in [0.2, 0.25) is 0 Å². The highest BCUT2D eigenvalue weighted by Gasteiger charge is 2.44. The molecule has 2 aromatic carbocycles. The Balaban J connectivity index is 1.79. The number of nitro groups is 1. The van der Waals surface area contributed by atoms with Crippen molar-refractivity contribution in [3.63, 3.8) is 0 Å². The molecular weight excluding hydrogens is 394 g/mol. The Hall–Kier alpha value is -3.85. The molecule has 142 valence electrons. The highest BCUT2D eigenvalue weighted by molar-refractivity contribution is 7.13. The smallest absolute Gasteiger partial charge is 0.297 e. The molecule has 8 nitrogen and oxygen atoms in total. The number of hydrogen-bond donors (Lipinski definition) is 0. The molecule has 0 spiro atoms. The van der Waals surface area contributed by atoms with E-state index >= 15 is 0 Å². The number of para-hydroxylation sites is 1. The maximum Gasteiger partial charge on any atom is 0.297 e. The Morgan fingerprint density at radius 2 is 1.86 bits per heavy atom. The van der Waals surface area contributed by atoms with Crippen LogP contribution < -0.4 is 10.3 Å². The fourth-order valence-electron chi connectivity index (χ4n) is 3.55. The van der Waals surface area contributed by atoms with Crippen LogP contribution in [0.1, 0.15) is 27.7 Å². The van der Waals surface area contributed by atoms with Gasteiger partial charge in [0.1, 0.15) is 5.58 Å². The maximum atomic E-state index is 13.3. The van der Waals surface area contributed by atoms with Crippen LogP contribution >= 0.6 is 11.3 Å². The van der Waals surface area contributed by atoms with E-state index in [4.69, 9.17) is 4.42 Å². The minimum Gasteiger partial charge on any atom is -0.450 e. The van der Waals surface area contributed by atoms with Crippen molar-refractivity contribution in [2.45, 2.75) is 6.04 Å². The van der Waals surface area contributed by atoms with E-state index in [1.165, 1.54) is 28.4 Å². The van der Waals surface area contributed by atoms with Gasteiger partial charge in [0.15, 0.2) is 10.6 Å². The molecule has 0 radical (unpaired) electrons. The van der Waals surface area contributed by atoms with Crippen molar-refractivity contribution in [1.29, 1.82) is 0 Å². The lowest BCUT2D eigenvalue weighted by molar-refractivity contribution is -0.384. The van der Waals surface area contributed by atoms with E-state index in [2.05, 4.69) is 4.98 Å². The van der Waals surface area contributed by atoms with Crippen LogP contribution in [0, 0.1) is 10.1 Å². The first-order valence-corrected chi connectivity index (χ1v) is 9.47. The van der Waals surface area contributed by atoms with Crippen LogP contribution in [0.4, 0.5) is 10.8 Å². The Kier molecular flexibility index (Phi) is 3.78. The number of rotatable bonds is 3. The summed E-state index contributed by atoms with van der Waals surface area (Å²) in [5.74, 6) is -0.506. The number of nitrogens with zero attached hydrogens (tertiary/aromatic N) is 3. The summed E-state index contributed by atoms with van der Waals surface area (Å²) in [5.41, 5.74) is 0.702. The van der Waals surface area contributed by atoms with Crippen LogP contribution in [0.15, 0.2) is 69.3 Å². The first-order chi connectivity index (χ1) is 14.1. The van der Waals surface area contributed by atoms with Gasteiger partial charge in [-0.25, -0.2) is 4.98 Å². The van der Waals surface area contributed by atoms with Crippen molar-refractivity contribution >= 4 is 39.0 Å². The topological polar surface area (TPSA) is 107 Å². The van der Waals surface area contributed by atoms with Crippen molar-refractivity contribution in [2.24, 2.45) is 0 Å². The summed E-state index contributed by atoms with van der Waals surface area (Å²) in [6.45, 7) is 0. The van der Waals surface area contributed by atoms with Crippen LogP contribution in [0.3, 0.4) is 0 Å². The molecule has 4 aromatic rings. The first kappa shape index (κ1) is 17.3. The first-order valence-electron chi connectivity index (χ1n) is 8.59. The van der Waals surface area contributed by atoms with E-state index in [1.54, 1.807) is 48.0 Å². The van der Waals surface area contributed by atoms with Crippen molar-refractivity contribution in [2.75, 3.05) is 4.90 Å². The van der Waals surface area contributed by atoms with Crippen LogP contribution in [-0.4, -0.2) is 15.8 Å². The van der Waals surface area contributed by atoms with Gasteiger partial charge in [0.05, 0.1) is 21.9 Å². The third kappa shape index (κ3) is 2.55. The van der Waals surface area contributed by atoms with E-state index in [1.807, 2.05) is 0 Å². The number of amides is 1. The van der Waals surface area contributed by atoms with Crippen molar-refractivity contribution in [3.8, 4) is 0 Å². The van der Waals surface area contributed by atoms with Gasteiger partial charge < -0.3 is 4.42 Å². The van der Waals surface area contributed by atoms with Crippen molar-refractivity contribution in [1.82, 2.24) is 4.98 Å². The lowest BCUT2D eigenvalue weighted by atomic mass is 9.98. The van der Waals surface area contributed by atoms with Crippen LogP contribution in [-0.2, 0) is 0 Å². The predicted octanol–water partition coefficient (Wildman–Crippen LogP) is 3.91. The number of aromatic nitrogens is 1. The van der Waals surface area contributed by atoms with Crippen molar-refractivity contribution in [3.05, 3.63) is 97.3 Å². The summed E-state index contributed by atoms with van der Waals surface area (Å²) < 4.78 is 5.82. The van der Waals surface area contributed by atoms with Gasteiger partial charge in [0.25, 0.3) is 11.6 Å². The largest absolute Gasteiger partial charge is 0.450 e. The number of carbonyl (C=O) groups is 1. The molecule has 1 aliphatic rings. The molecule has 1 amide bonds. The fraction of sp³-hybridized carbons (Fsp3) is 0.0500. The summed E-state index contributed by atoms with van der Waals surface area (Å²) in [5, 5.41) is 13.5. The zero-order chi connectivity index (χ0) is 20.1. The minimum atomic E-state index is -0.787. The predicted molar refractivity (Wildman–Crippen MR) is 106 cm³/mol. The zero-order valence-electron chi connectivity index (χ0n) is 14.6. The average Bonchev–Trinajstić information content (AvgIpc) is 3.35. The van der Waals surface area contributed by atoms with Gasteiger partial charge in [-0.1, -0.05) is 12.1 Å². The Morgan fingerprint density at radius 3 is 2.55 bits per heavy atom. The number of fused-ring (bicyclic) bond motifs is 2. The van der Waals surface area contributed by atoms with Crippen LogP contribution in [0.5, 0.6) is 0 Å². The molecule has 1 atom stereocenters. The number of anilines is 1. The van der Waals surface area contributed by atoms with E-state index in [9.17, 15) is 19.7 Å². The molecule has 1 aliphatic heterocycles. The highest BCUT2D eigenvalue weighted by Crippen LogP contribution is 2.42. The number of benzene rings is 2. The molecular formula is C20H11N3O5S. The molecule has 2 aromatic heterocycles. The van der Waals surface area contributed by atoms with Gasteiger partial charge in [0.2, 0.25) is 5.76 Å².